The van der Waals surface area contributed by atoms with Crippen molar-refractivity contribution in [2.45, 2.75) is 13.8 Å². The molecule has 0 radical (unpaired) electrons. The molecule has 108 valence electrons. The average molecular weight is 318 g/mol. The maximum absolute atomic E-state index is 11.8. The van der Waals surface area contributed by atoms with Crippen LogP contribution in [0, 0.1) is 13.8 Å². The molecule has 0 aliphatic heterocycles. The Labute approximate surface area is 137 Å². The minimum Gasteiger partial charge on any atom is -0.872 e. The van der Waals surface area contributed by atoms with E-state index in [0.29, 0.717) is 0 Å². The summed E-state index contributed by atoms with van der Waals surface area (Å²) >= 11 is 0. The van der Waals surface area contributed by atoms with Gasteiger partial charge in [0, 0.05) is 0 Å². The molecule has 0 spiro atoms. The molecule has 1 aliphatic rings. The summed E-state index contributed by atoms with van der Waals surface area (Å²) in [6.45, 7) is 4.09. The van der Waals surface area contributed by atoms with Crippen molar-refractivity contribution in [1.29, 1.82) is 0 Å². The summed E-state index contributed by atoms with van der Waals surface area (Å²) in [4.78, 5) is 0. The fourth-order valence-corrected chi connectivity index (χ4v) is 1.87. The molecule has 0 amide bonds. The first-order chi connectivity index (χ1) is 9.66. The van der Waals surface area contributed by atoms with E-state index in [1.165, 1.54) is 11.1 Å². The van der Waals surface area contributed by atoms with Crippen LogP contribution in [-0.4, -0.2) is 0 Å². The number of aryl methyl sites for hydroxylation is 2. The quantitative estimate of drug-likeness (QED) is 0.444. The van der Waals surface area contributed by atoms with E-state index >= 15 is 0 Å². The van der Waals surface area contributed by atoms with Crippen molar-refractivity contribution in [3.63, 3.8) is 0 Å². The van der Waals surface area contributed by atoms with Crippen LogP contribution in [0.15, 0.2) is 78.4 Å². The first kappa shape index (κ1) is 17.2. The molecule has 0 fully saturated rings. The first-order valence-electron chi connectivity index (χ1n) is 6.68. The molecular weight excluding hydrogens is 300 g/mol. The van der Waals surface area contributed by atoms with Crippen LogP contribution in [0.4, 0.5) is 0 Å². The Hall–Kier alpha value is -1.89. The molecule has 2 heteroatoms. The molecule has 2 aromatic carbocycles. The van der Waals surface area contributed by atoms with Crippen LogP contribution in [0.2, 0.25) is 0 Å². The zero-order chi connectivity index (χ0) is 14.4. The third-order valence-corrected chi connectivity index (χ3v) is 3.07. The van der Waals surface area contributed by atoms with E-state index < -0.39 is 0 Å². The summed E-state index contributed by atoms with van der Waals surface area (Å²) in [6.07, 6.45) is 7.42. The van der Waals surface area contributed by atoms with Gasteiger partial charge in [0.1, 0.15) is 0 Å². The van der Waals surface area contributed by atoms with E-state index in [1.807, 2.05) is 67.6 Å². The van der Waals surface area contributed by atoms with Gasteiger partial charge in [-0.25, -0.2) is 12.1 Å². The third-order valence-electron chi connectivity index (χ3n) is 3.07. The first-order valence-corrected chi connectivity index (χ1v) is 6.68. The van der Waals surface area contributed by atoms with Gasteiger partial charge in [0.05, 0.1) is 0 Å². The second kappa shape index (κ2) is 8.41. The largest absolute Gasteiger partial charge is 2.00 e. The van der Waals surface area contributed by atoms with Crippen LogP contribution in [0.3, 0.4) is 0 Å². The van der Waals surface area contributed by atoms with E-state index in [0.717, 1.165) is 11.1 Å². The number of rotatable bonds is 1. The number of benzene rings is 1. The van der Waals surface area contributed by atoms with E-state index in [1.54, 1.807) is 0 Å². The molecular formula is C19H18FeO. The zero-order valence-electron chi connectivity index (χ0n) is 12.2. The Kier molecular flexibility index (Phi) is 6.87. The van der Waals surface area contributed by atoms with Crippen molar-refractivity contribution in [3.05, 3.63) is 95.1 Å². The van der Waals surface area contributed by atoms with Gasteiger partial charge in [-0.1, -0.05) is 66.8 Å². The molecule has 0 bridgehead atoms. The van der Waals surface area contributed by atoms with Crippen molar-refractivity contribution in [3.8, 4) is 0 Å². The Morgan fingerprint density at radius 2 is 1.57 bits per heavy atom. The van der Waals surface area contributed by atoms with Gasteiger partial charge in [-0.2, -0.15) is 17.7 Å². The van der Waals surface area contributed by atoms with Crippen molar-refractivity contribution in [2.75, 3.05) is 0 Å². The number of allylic oxidation sites excluding steroid dienone is 5. The van der Waals surface area contributed by atoms with Crippen molar-refractivity contribution >= 4 is 5.76 Å². The van der Waals surface area contributed by atoms with Crippen LogP contribution in [0.25, 0.3) is 5.76 Å². The van der Waals surface area contributed by atoms with Gasteiger partial charge in [0.15, 0.2) is 0 Å². The van der Waals surface area contributed by atoms with Gasteiger partial charge in [-0.05, 0) is 18.1 Å². The maximum Gasteiger partial charge on any atom is 2.00 e. The molecule has 3 rings (SSSR count). The van der Waals surface area contributed by atoms with Crippen LogP contribution < -0.4 is 5.11 Å². The molecule has 1 nitrogen and oxygen atoms in total. The second-order valence-corrected chi connectivity index (χ2v) is 4.83. The monoisotopic (exact) mass is 318 g/mol. The maximum atomic E-state index is 11.8. The molecule has 0 unspecified atom stereocenters. The summed E-state index contributed by atoms with van der Waals surface area (Å²) in [6, 6.07) is 15.9. The predicted molar refractivity (Wildman–Crippen MR) is 83.2 cm³/mol. The Bertz CT molecular complexity index is 615. The summed E-state index contributed by atoms with van der Waals surface area (Å²) in [5.74, 6) is 0.0926. The van der Waals surface area contributed by atoms with E-state index in [2.05, 4.69) is 19.1 Å². The fraction of sp³-hybridized carbons (Fsp3) is 0.105. The average Bonchev–Trinajstić information content (AvgIpc) is 3.12. The fourth-order valence-electron chi connectivity index (χ4n) is 1.87. The van der Waals surface area contributed by atoms with Crippen molar-refractivity contribution in [1.82, 2.24) is 0 Å². The van der Waals surface area contributed by atoms with E-state index in [-0.39, 0.29) is 22.8 Å². The standard InChI is InChI=1S/C13H12O.C6H7.Fe/c1-10-6-8-12(9-7-10)13(14)11-4-2-3-5-11;1-6-4-2-3-5-6;/h2-9,14H,1H3;2-5H,1H3;/q;-1;+2/p-1. The summed E-state index contributed by atoms with van der Waals surface area (Å²) < 4.78 is 0. The molecule has 0 aromatic heterocycles. The van der Waals surface area contributed by atoms with Crippen molar-refractivity contribution in [2.24, 2.45) is 0 Å². The summed E-state index contributed by atoms with van der Waals surface area (Å²) in [5, 5.41) is 11.8. The normalized spacial score (nSPS) is 11.6. The number of hydrogen-bond acceptors (Lipinski definition) is 1. The molecule has 2 aromatic rings. The minimum absolute atomic E-state index is 0. The Balaban J connectivity index is 0.000000267. The Morgan fingerprint density at radius 1 is 0.952 bits per heavy atom. The van der Waals surface area contributed by atoms with Crippen LogP contribution in [0.5, 0.6) is 0 Å². The van der Waals surface area contributed by atoms with Gasteiger partial charge in [0.25, 0.3) is 0 Å². The molecule has 0 saturated carbocycles. The Morgan fingerprint density at radius 3 is 2.00 bits per heavy atom. The van der Waals surface area contributed by atoms with Gasteiger partial charge in [-0.3, -0.25) is 0 Å². The molecule has 1 aliphatic carbocycles. The number of hydrogen-bond donors (Lipinski definition) is 0. The smallest absolute Gasteiger partial charge is 0.872 e. The summed E-state index contributed by atoms with van der Waals surface area (Å²) in [7, 11) is 0. The van der Waals surface area contributed by atoms with Gasteiger partial charge in [-0.15, -0.1) is 0 Å². The molecule has 0 saturated heterocycles. The third kappa shape index (κ3) is 5.18. The van der Waals surface area contributed by atoms with Gasteiger partial charge < -0.3 is 5.11 Å². The molecule has 0 heterocycles. The van der Waals surface area contributed by atoms with Crippen molar-refractivity contribution < 1.29 is 22.2 Å². The topological polar surface area (TPSA) is 23.1 Å². The van der Waals surface area contributed by atoms with Crippen LogP contribution in [-0.2, 0) is 17.1 Å². The minimum atomic E-state index is 0. The molecule has 0 N–H and O–H groups in total. The second-order valence-electron chi connectivity index (χ2n) is 4.83. The summed E-state index contributed by atoms with van der Waals surface area (Å²) in [5.41, 5.74) is 4.02. The SMILES string of the molecule is Cc1ccc(C([O-])=C2C=CC=C2)cc1.Cc1ccc[cH-]1.[Fe+2]. The van der Waals surface area contributed by atoms with Gasteiger partial charge in [0.2, 0.25) is 0 Å². The predicted octanol–water partition coefficient (Wildman–Crippen LogP) is 3.90. The molecule has 0 atom stereocenters. The molecule has 21 heavy (non-hydrogen) atoms. The van der Waals surface area contributed by atoms with Crippen LogP contribution >= 0.6 is 0 Å². The van der Waals surface area contributed by atoms with Gasteiger partial charge >= 0.3 is 17.1 Å². The zero-order valence-corrected chi connectivity index (χ0v) is 13.3. The van der Waals surface area contributed by atoms with E-state index in [4.69, 9.17) is 0 Å². The van der Waals surface area contributed by atoms with Crippen LogP contribution in [0.1, 0.15) is 16.7 Å². The van der Waals surface area contributed by atoms with E-state index in [9.17, 15) is 5.11 Å².